The number of methoxy groups -OCH3 is 1. The summed E-state index contributed by atoms with van der Waals surface area (Å²) in [5.74, 6) is -0.0172. The lowest BCUT2D eigenvalue weighted by Crippen LogP contribution is -2.23. The number of para-hydroxylation sites is 1. The molecule has 1 aliphatic rings. The second kappa shape index (κ2) is 9.58. The first-order valence-electron chi connectivity index (χ1n) is 12.6. The van der Waals surface area contributed by atoms with Gasteiger partial charge in [0.25, 0.3) is 5.91 Å². The summed E-state index contributed by atoms with van der Waals surface area (Å²) in [5.41, 5.74) is 4.20. The number of benzene rings is 4. The van der Waals surface area contributed by atoms with Gasteiger partial charge in [-0.3, -0.25) is 14.2 Å². The fraction of sp³-hybridized carbons (Fsp3) is 0.188. The van der Waals surface area contributed by atoms with E-state index in [-0.39, 0.29) is 18.5 Å². The standard InChI is InChI=1S/C32H27NO4/c1-36-29-19-18-24(22-12-5-6-13-23(22)29)31(34)33-27-16-8-7-14-25(27)30-26(15-9-17-28(30)33)32(35)37-20-21-10-3-2-4-11-21/h2-8,10-14,16,18-19,26H,9,15,17,20H2,1H3. The Bertz CT molecular complexity index is 1630. The van der Waals surface area contributed by atoms with Crippen molar-refractivity contribution in [1.29, 1.82) is 0 Å². The molecule has 0 N–H and O–H groups in total. The fourth-order valence-electron chi connectivity index (χ4n) is 5.62. The molecule has 4 aromatic carbocycles. The van der Waals surface area contributed by atoms with Crippen LogP contribution in [0.1, 0.15) is 45.9 Å². The van der Waals surface area contributed by atoms with Crippen LogP contribution in [0.25, 0.3) is 21.7 Å². The second-order valence-corrected chi connectivity index (χ2v) is 9.42. The lowest BCUT2D eigenvalue weighted by molar-refractivity contribution is -0.147. The van der Waals surface area contributed by atoms with Gasteiger partial charge < -0.3 is 9.47 Å². The smallest absolute Gasteiger partial charge is 0.313 e. The van der Waals surface area contributed by atoms with Gasteiger partial charge in [0.2, 0.25) is 0 Å². The molecule has 0 fully saturated rings. The number of carbonyl (C=O) groups excluding carboxylic acids is 2. The number of carbonyl (C=O) groups is 2. The highest BCUT2D eigenvalue weighted by Crippen LogP contribution is 2.41. The van der Waals surface area contributed by atoms with E-state index >= 15 is 0 Å². The number of aromatic nitrogens is 1. The monoisotopic (exact) mass is 489 g/mol. The molecule has 5 aromatic rings. The predicted molar refractivity (Wildman–Crippen MR) is 144 cm³/mol. The van der Waals surface area contributed by atoms with E-state index in [0.717, 1.165) is 57.1 Å². The molecule has 5 nitrogen and oxygen atoms in total. The maximum absolute atomic E-state index is 14.2. The summed E-state index contributed by atoms with van der Waals surface area (Å²) in [6.07, 6.45) is 2.24. The van der Waals surface area contributed by atoms with Crippen molar-refractivity contribution < 1.29 is 19.1 Å². The molecule has 0 radical (unpaired) electrons. The molecule has 0 saturated heterocycles. The van der Waals surface area contributed by atoms with Crippen LogP contribution in [-0.4, -0.2) is 23.6 Å². The molecule has 0 amide bonds. The Labute approximate surface area is 215 Å². The van der Waals surface area contributed by atoms with Crippen LogP contribution < -0.4 is 4.74 Å². The van der Waals surface area contributed by atoms with Crippen molar-refractivity contribution in [3.05, 3.63) is 113 Å². The van der Waals surface area contributed by atoms with E-state index in [1.54, 1.807) is 7.11 Å². The van der Waals surface area contributed by atoms with E-state index in [0.29, 0.717) is 12.0 Å². The first-order valence-corrected chi connectivity index (χ1v) is 12.6. The number of rotatable bonds is 5. The van der Waals surface area contributed by atoms with Gasteiger partial charge in [-0.1, -0.05) is 72.8 Å². The molecular weight excluding hydrogens is 462 g/mol. The summed E-state index contributed by atoms with van der Waals surface area (Å²) in [4.78, 5) is 27.5. The highest BCUT2D eigenvalue weighted by Gasteiger charge is 2.34. The lowest BCUT2D eigenvalue weighted by atomic mass is 9.85. The summed E-state index contributed by atoms with van der Waals surface area (Å²) in [7, 11) is 1.64. The zero-order valence-electron chi connectivity index (χ0n) is 20.6. The Balaban J connectivity index is 1.44. The molecule has 0 saturated carbocycles. The summed E-state index contributed by atoms with van der Waals surface area (Å²) in [6, 6.07) is 29.0. The molecule has 6 rings (SSSR count). The largest absolute Gasteiger partial charge is 0.496 e. The topological polar surface area (TPSA) is 57.5 Å². The van der Waals surface area contributed by atoms with E-state index in [9.17, 15) is 9.59 Å². The van der Waals surface area contributed by atoms with Crippen molar-refractivity contribution in [1.82, 2.24) is 4.57 Å². The average molecular weight is 490 g/mol. The Morgan fingerprint density at radius 2 is 1.54 bits per heavy atom. The average Bonchev–Trinajstić information content (AvgIpc) is 3.30. The third-order valence-electron chi connectivity index (χ3n) is 7.32. The van der Waals surface area contributed by atoms with E-state index < -0.39 is 5.92 Å². The third kappa shape index (κ3) is 3.97. The summed E-state index contributed by atoms with van der Waals surface area (Å²) < 4.78 is 13.1. The van der Waals surface area contributed by atoms with Crippen molar-refractivity contribution >= 4 is 33.6 Å². The maximum Gasteiger partial charge on any atom is 0.313 e. The second-order valence-electron chi connectivity index (χ2n) is 9.42. The van der Waals surface area contributed by atoms with Crippen LogP contribution in [0, 0.1) is 0 Å². The molecule has 0 bridgehead atoms. The predicted octanol–water partition coefficient (Wildman–Crippen LogP) is 6.65. The molecule has 1 aliphatic carbocycles. The van der Waals surface area contributed by atoms with E-state index in [1.807, 2.05) is 95.6 Å². The van der Waals surface area contributed by atoms with Crippen molar-refractivity contribution in [3.8, 4) is 5.75 Å². The van der Waals surface area contributed by atoms with E-state index in [4.69, 9.17) is 9.47 Å². The minimum atomic E-state index is -0.404. The Morgan fingerprint density at radius 1 is 0.838 bits per heavy atom. The first-order chi connectivity index (χ1) is 18.2. The van der Waals surface area contributed by atoms with Crippen LogP contribution in [0.3, 0.4) is 0 Å². The number of nitrogens with zero attached hydrogens (tertiary/aromatic N) is 1. The Kier molecular flexibility index (Phi) is 5.97. The van der Waals surface area contributed by atoms with Crippen molar-refractivity contribution in [3.63, 3.8) is 0 Å². The summed E-state index contributed by atoms with van der Waals surface area (Å²) in [6.45, 7) is 0.237. The number of ether oxygens (including phenoxy) is 2. The van der Waals surface area contributed by atoms with E-state index in [2.05, 4.69) is 0 Å². The lowest BCUT2D eigenvalue weighted by Gasteiger charge is -2.23. The zero-order chi connectivity index (χ0) is 25.4. The van der Waals surface area contributed by atoms with Crippen LogP contribution in [0.4, 0.5) is 0 Å². The molecule has 5 heteroatoms. The molecule has 1 atom stereocenters. The minimum absolute atomic E-state index is 0.102. The molecule has 37 heavy (non-hydrogen) atoms. The summed E-state index contributed by atoms with van der Waals surface area (Å²) in [5, 5.41) is 2.67. The van der Waals surface area contributed by atoms with Crippen LogP contribution in [0.5, 0.6) is 5.75 Å². The van der Waals surface area contributed by atoms with Crippen LogP contribution >= 0.6 is 0 Å². The van der Waals surface area contributed by atoms with Gasteiger partial charge in [-0.05, 0) is 54.0 Å². The minimum Gasteiger partial charge on any atom is -0.496 e. The van der Waals surface area contributed by atoms with Crippen molar-refractivity contribution in [2.45, 2.75) is 31.8 Å². The highest BCUT2D eigenvalue weighted by molar-refractivity contribution is 6.13. The van der Waals surface area contributed by atoms with Crippen molar-refractivity contribution in [2.24, 2.45) is 0 Å². The quantitative estimate of drug-likeness (QED) is 0.259. The SMILES string of the molecule is COc1ccc(C(=O)n2c3c(c4ccccc42)C(C(=O)OCc2ccccc2)CCC3)c2ccccc12. The maximum atomic E-state index is 14.2. The van der Waals surface area contributed by atoms with Crippen LogP contribution in [0.15, 0.2) is 91.0 Å². The van der Waals surface area contributed by atoms with Gasteiger partial charge >= 0.3 is 5.97 Å². The van der Waals surface area contributed by atoms with Gasteiger partial charge in [-0.15, -0.1) is 0 Å². The Morgan fingerprint density at radius 3 is 2.32 bits per heavy atom. The van der Waals surface area contributed by atoms with Gasteiger partial charge in [-0.2, -0.15) is 0 Å². The van der Waals surface area contributed by atoms with Gasteiger partial charge in [-0.25, -0.2) is 0 Å². The zero-order valence-corrected chi connectivity index (χ0v) is 20.6. The molecule has 184 valence electrons. The molecule has 1 heterocycles. The van der Waals surface area contributed by atoms with Crippen LogP contribution in [-0.2, 0) is 22.6 Å². The molecule has 0 aliphatic heterocycles. The number of hydrogen-bond donors (Lipinski definition) is 0. The van der Waals surface area contributed by atoms with Gasteiger partial charge in [0.1, 0.15) is 12.4 Å². The summed E-state index contributed by atoms with van der Waals surface area (Å²) >= 11 is 0. The van der Waals surface area contributed by atoms with Crippen molar-refractivity contribution in [2.75, 3.05) is 7.11 Å². The van der Waals surface area contributed by atoms with Gasteiger partial charge in [0, 0.05) is 22.0 Å². The molecule has 0 spiro atoms. The fourth-order valence-corrected chi connectivity index (χ4v) is 5.62. The first kappa shape index (κ1) is 23.0. The number of esters is 1. The number of fused-ring (bicyclic) bond motifs is 4. The van der Waals surface area contributed by atoms with Gasteiger partial charge in [0.15, 0.2) is 0 Å². The molecule has 1 aromatic heterocycles. The van der Waals surface area contributed by atoms with E-state index in [1.165, 1.54) is 0 Å². The third-order valence-corrected chi connectivity index (χ3v) is 7.32. The molecule has 1 unspecified atom stereocenters. The highest BCUT2D eigenvalue weighted by atomic mass is 16.5. The Hall–Kier alpha value is -4.38. The normalized spacial score (nSPS) is 14.9. The van der Waals surface area contributed by atoms with Gasteiger partial charge in [0.05, 0.1) is 18.5 Å². The molecular formula is C32H27NO4. The number of hydrogen-bond acceptors (Lipinski definition) is 4. The van der Waals surface area contributed by atoms with Crippen LogP contribution in [0.2, 0.25) is 0 Å².